The van der Waals surface area contributed by atoms with Gasteiger partial charge in [-0.05, 0) is 28.3 Å². The van der Waals surface area contributed by atoms with E-state index in [2.05, 4.69) is 5.32 Å². The first kappa shape index (κ1) is 17.4. The van der Waals surface area contributed by atoms with Gasteiger partial charge in [-0.25, -0.2) is 0 Å². The van der Waals surface area contributed by atoms with Crippen LogP contribution in [0.4, 0.5) is 0 Å². The summed E-state index contributed by atoms with van der Waals surface area (Å²) in [6.07, 6.45) is 0.205. The van der Waals surface area contributed by atoms with E-state index in [-0.39, 0.29) is 30.8 Å². The monoisotopic (exact) mass is 292 g/mol. The third kappa shape index (κ3) is 4.94. The van der Waals surface area contributed by atoms with Crippen LogP contribution in [-0.2, 0) is 4.79 Å². The summed E-state index contributed by atoms with van der Waals surface area (Å²) in [5.74, 6) is -0.0538. The number of halogens is 1. The van der Waals surface area contributed by atoms with E-state index in [0.717, 1.165) is 12.0 Å². The summed E-state index contributed by atoms with van der Waals surface area (Å²) < 4.78 is 0. The minimum atomic E-state index is -0.658. The van der Waals surface area contributed by atoms with E-state index in [4.69, 9.17) is 5.73 Å². The van der Waals surface area contributed by atoms with Crippen molar-refractivity contribution in [2.24, 2.45) is 11.7 Å². The molecule has 0 fully saturated rings. The van der Waals surface area contributed by atoms with Crippen molar-refractivity contribution in [1.29, 1.82) is 0 Å². The molecular weight excluding hydrogens is 272 g/mol. The van der Waals surface area contributed by atoms with E-state index in [1.807, 2.05) is 30.7 Å². The lowest BCUT2D eigenvalue weighted by atomic mass is 9.99. The van der Waals surface area contributed by atoms with Gasteiger partial charge in [-0.15, -0.1) is 12.4 Å². The molecule has 0 radical (unpaired) electrons. The Kier molecular flexibility index (Phi) is 8.18. The van der Waals surface area contributed by atoms with Gasteiger partial charge >= 0.3 is 0 Å². The molecule has 1 rings (SSSR count). The summed E-state index contributed by atoms with van der Waals surface area (Å²) in [7, 11) is 0. The number of hydrogen-bond donors (Lipinski definition) is 3. The normalized spacial score (nSPS) is 15.3. The Labute approximate surface area is 118 Å². The summed E-state index contributed by atoms with van der Waals surface area (Å²) in [6, 6.07) is 1.34. The molecular formula is C12H21ClN2O2S. The van der Waals surface area contributed by atoms with Crippen molar-refractivity contribution in [3.8, 4) is 0 Å². The number of thiophene rings is 1. The summed E-state index contributed by atoms with van der Waals surface area (Å²) in [5, 5.41) is 16.2. The Hall–Kier alpha value is -0.620. The molecule has 3 unspecified atom stereocenters. The van der Waals surface area contributed by atoms with Gasteiger partial charge in [-0.3, -0.25) is 4.79 Å². The van der Waals surface area contributed by atoms with Crippen LogP contribution in [0, 0.1) is 5.92 Å². The van der Waals surface area contributed by atoms with Crippen molar-refractivity contribution < 1.29 is 9.90 Å². The van der Waals surface area contributed by atoms with Crippen molar-refractivity contribution in [1.82, 2.24) is 5.32 Å². The number of aliphatic hydroxyl groups excluding tert-OH is 1. The highest BCUT2D eigenvalue weighted by Gasteiger charge is 2.20. The van der Waals surface area contributed by atoms with Crippen LogP contribution in [0.5, 0.6) is 0 Å². The molecule has 3 atom stereocenters. The van der Waals surface area contributed by atoms with Gasteiger partial charge in [0.2, 0.25) is 5.91 Å². The van der Waals surface area contributed by atoms with Gasteiger partial charge in [-0.2, -0.15) is 11.3 Å². The molecule has 0 bridgehead atoms. The van der Waals surface area contributed by atoms with Gasteiger partial charge in [0, 0.05) is 6.54 Å². The third-order valence-corrected chi connectivity index (χ3v) is 3.66. The van der Waals surface area contributed by atoms with Gasteiger partial charge in [0.05, 0.1) is 12.1 Å². The molecule has 0 spiro atoms. The van der Waals surface area contributed by atoms with Crippen LogP contribution in [0.15, 0.2) is 16.8 Å². The molecule has 0 aliphatic carbocycles. The minimum absolute atomic E-state index is 0. The van der Waals surface area contributed by atoms with Gasteiger partial charge in [0.25, 0.3) is 0 Å². The number of carbonyl (C=O) groups excluding carboxylic acids is 1. The van der Waals surface area contributed by atoms with Crippen molar-refractivity contribution in [2.45, 2.75) is 32.4 Å². The van der Waals surface area contributed by atoms with Gasteiger partial charge < -0.3 is 16.2 Å². The van der Waals surface area contributed by atoms with E-state index < -0.39 is 12.1 Å². The number of amides is 1. The molecule has 104 valence electrons. The topological polar surface area (TPSA) is 75.4 Å². The van der Waals surface area contributed by atoms with Crippen LogP contribution in [0.3, 0.4) is 0 Å². The van der Waals surface area contributed by atoms with Gasteiger partial charge in [-0.1, -0.05) is 20.3 Å². The Morgan fingerprint density at radius 3 is 2.78 bits per heavy atom. The quantitative estimate of drug-likeness (QED) is 0.747. The highest BCUT2D eigenvalue weighted by Crippen LogP contribution is 2.15. The Bertz CT molecular complexity index is 346. The average Bonchev–Trinajstić information content (AvgIpc) is 2.87. The van der Waals surface area contributed by atoms with Crippen LogP contribution in [0.2, 0.25) is 0 Å². The van der Waals surface area contributed by atoms with Crippen LogP contribution in [0.25, 0.3) is 0 Å². The predicted molar refractivity (Wildman–Crippen MR) is 77.0 cm³/mol. The summed E-state index contributed by atoms with van der Waals surface area (Å²) in [6.45, 7) is 4.15. The van der Waals surface area contributed by atoms with Crippen LogP contribution in [-0.4, -0.2) is 23.6 Å². The molecule has 6 heteroatoms. The van der Waals surface area contributed by atoms with Crippen LogP contribution in [0.1, 0.15) is 31.9 Å². The number of carbonyl (C=O) groups is 1. The fraction of sp³-hybridized carbons (Fsp3) is 0.583. The lowest BCUT2D eigenvalue weighted by Crippen LogP contribution is -2.45. The average molecular weight is 293 g/mol. The van der Waals surface area contributed by atoms with Crippen molar-refractivity contribution in [3.05, 3.63) is 22.4 Å². The van der Waals surface area contributed by atoms with Gasteiger partial charge in [0.1, 0.15) is 0 Å². The maximum atomic E-state index is 11.7. The zero-order valence-electron chi connectivity index (χ0n) is 10.6. The second-order valence-corrected chi connectivity index (χ2v) is 5.01. The number of nitrogens with two attached hydrogens (primary N) is 1. The highest BCUT2D eigenvalue weighted by atomic mass is 35.5. The Morgan fingerprint density at radius 2 is 2.28 bits per heavy atom. The Balaban J connectivity index is 0.00000289. The lowest BCUT2D eigenvalue weighted by molar-refractivity contribution is -0.123. The first-order valence-electron chi connectivity index (χ1n) is 5.79. The molecule has 18 heavy (non-hydrogen) atoms. The van der Waals surface area contributed by atoms with E-state index in [0.29, 0.717) is 0 Å². The molecule has 4 nitrogen and oxygen atoms in total. The van der Waals surface area contributed by atoms with E-state index >= 15 is 0 Å². The van der Waals surface area contributed by atoms with Crippen LogP contribution < -0.4 is 11.1 Å². The summed E-state index contributed by atoms with van der Waals surface area (Å²) in [4.78, 5) is 11.7. The zero-order chi connectivity index (χ0) is 12.8. The first-order valence-corrected chi connectivity index (χ1v) is 6.74. The predicted octanol–water partition coefficient (Wildman–Crippen LogP) is 1.69. The van der Waals surface area contributed by atoms with E-state index in [1.54, 1.807) is 0 Å². The minimum Gasteiger partial charge on any atom is -0.387 e. The lowest BCUT2D eigenvalue weighted by Gasteiger charge is -2.18. The summed E-state index contributed by atoms with van der Waals surface area (Å²) in [5.41, 5.74) is 6.61. The summed E-state index contributed by atoms with van der Waals surface area (Å²) >= 11 is 1.52. The zero-order valence-corrected chi connectivity index (χ0v) is 12.3. The third-order valence-electron chi connectivity index (χ3n) is 2.96. The maximum absolute atomic E-state index is 11.7. The SMILES string of the molecule is CCC(C)C(N)C(=O)NCC(O)c1ccsc1.Cl. The molecule has 0 saturated carbocycles. The molecule has 4 N–H and O–H groups in total. The second-order valence-electron chi connectivity index (χ2n) is 4.23. The molecule has 1 aromatic heterocycles. The smallest absolute Gasteiger partial charge is 0.237 e. The molecule has 0 aliphatic heterocycles. The number of hydrogen-bond acceptors (Lipinski definition) is 4. The molecule has 0 aromatic carbocycles. The standard InChI is InChI=1S/C12H20N2O2S.ClH/c1-3-8(2)11(13)12(16)14-6-10(15)9-4-5-17-7-9;/h4-5,7-8,10-11,15H,3,6,13H2,1-2H3,(H,14,16);1H. The van der Waals surface area contributed by atoms with Gasteiger partial charge in [0.15, 0.2) is 0 Å². The fourth-order valence-electron chi connectivity index (χ4n) is 1.41. The number of nitrogens with one attached hydrogen (secondary N) is 1. The number of rotatable bonds is 6. The highest BCUT2D eigenvalue weighted by molar-refractivity contribution is 7.07. The molecule has 1 heterocycles. The molecule has 0 saturated heterocycles. The van der Waals surface area contributed by atoms with E-state index in [9.17, 15) is 9.90 Å². The second kappa shape index (κ2) is 8.48. The maximum Gasteiger partial charge on any atom is 0.237 e. The van der Waals surface area contributed by atoms with Crippen molar-refractivity contribution >= 4 is 29.7 Å². The Morgan fingerprint density at radius 1 is 1.61 bits per heavy atom. The largest absolute Gasteiger partial charge is 0.387 e. The number of aliphatic hydroxyl groups is 1. The molecule has 1 aromatic rings. The van der Waals surface area contributed by atoms with Crippen molar-refractivity contribution in [2.75, 3.05) is 6.54 Å². The first-order chi connectivity index (χ1) is 8.06. The molecule has 0 aliphatic rings. The van der Waals surface area contributed by atoms with E-state index in [1.165, 1.54) is 11.3 Å². The van der Waals surface area contributed by atoms with Crippen LogP contribution >= 0.6 is 23.7 Å². The molecule has 1 amide bonds. The van der Waals surface area contributed by atoms with Crippen molar-refractivity contribution in [3.63, 3.8) is 0 Å². The fourth-order valence-corrected chi connectivity index (χ4v) is 2.12.